The highest BCUT2D eigenvalue weighted by Gasteiger charge is 2.33. The second-order valence-electron chi connectivity index (χ2n) is 4.85. The number of hydrogen-bond acceptors (Lipinski definition) is 4. The lowest BCUT2D eigenvalue weighted by atomic mass is 9.96. The molecule has 2 nitrogen and oxygen atoms in total. The van der Waals surface area contributed by atoms with Crippen LogP contribution in [0.25, 0.3) is 0 Å². The third-order valence-corrected chi connectivity index (χ3v) is 5.24. The zero-order valence-corrected chi connectivity index (χ0v) is 11.7. The highest BCUT2D eigenvalue weighted by atomic mass is 32.2. The van der Waals surface area contributed by atoms with Gasteiger partial charge in [0.05, 0.1) is 11.2 Å². The molecule has 90 valence electrons. The van der Waals surface area contributed by atoms with Gasteiger partial charge in [-0.15, -0.1) is 11.3 Å². The van der Waals surface area contributed by atoms with E-state index in [0.717, 1.165) is 24.3 Å². The van der Waals surface area contributed by atoms with E-state index in [-0.39, 0.29) is 5.54 Å². The maximum atomic E-state index is 6.39. The van der Waals surface area contributed by atoms with E-state index in [9.17, 15) is 0 Å². The summed E-state index contributed by atoms with van der Waals surface area (Å²) in [6.45, 7) is 4.45. The molecule has 4 heteroatoms. The summed E-state index contributed by atoms with van der Waals surface area (Å²) in [5, 5.41) is 4.07. The molecule has 0 bridgehead atoms. The Bertz CT molecular complexity index is 341. The van der Waals surface area contributed by atoms with Crippen LogP contribution in [0.2, 0.25) is 0 Å². The number of nitrogens with zero attached hydrogens (tertiary/aromatic N) is 1. The molecule has 0 saturated heterocycles. The zero-order valence-electron chi connectivity index (χ0n) is 10.0. The lowest BCUT2D eigenvalue weighted by molar-refractivity contribution is 0.449. The van der Waals surface area contributed by atoms with Gasteiger partial charge in [-0.1, -0.05) is 26.7 Å². The fourth-order valence-corrected chi connectivity index (χ4v) is 3.81. The van der Waals surface area contributed by atoms with Crippen molar-refractivity contribution < 1.29 is 0 Å². The summed E-state index contributed by atoms with van der Waals surface area (Å²) in [5.41, 5.74) is 7.41. The molecule has 0 spiro atoms. The Labute approximate surface area is 106 Å². The Kier molecular flexibility index (Phi) is 3.93. The van der Waals surface area contributed by atoms with E-state index >= 15 is 0 Å². The average Bonchev–Trinajstić information content (AvgIpc) is 2.84. The predicted molar refractivity (Wildman–Crippen MR) is 72.9 cm³/mol. The van der Waals surface area contributed by atoms with Crippen molar-refractivity contribution in [1.29, 1.82) is 0 Å². The quantitative estimate of drug-likeness (QED) is 0.896. The minimum absolute atomic E-state index is 0.114. The molecular formula is C12H20N2S2. The third kappa shape index (κ3) is 2.79. The van der Waals surface area contributed by atoms with Crippen LogP contribution in [0.3, 0.4) is 0 Å². The maximum absolute atomic E-state index is 6.39. The van der Waals surface area contributed by atoms with Gasteiger partial charge in [0, 0.05) is 11.1 Å². The topological polar surface area (TPSA) is 38.9 Å². The minimum atomic E-state index is -0.114. The summed E-state index contributed by atoms with van der Waals surface area (Å²) in [5.74, 6) is 1.03. The second kappa shape index (κ2) is 5.07. The largest absolute Gasteiger partial charge is 0.320 e. The van der Waals surface area contributed by atoms with E-state index in [0.29, 0.717) is 5.25 Å². The molecule has 1 aromatic heterocycles. The van der Waals surface area contributed by atoms with Gasteiger partial charge >= 0.3 is 0 Å². The van der Waals surface area contributed by atoms with Crippen LogP contribution < -0.4 is 5.73 Å². The molecule has 1 aromatic rings. The van der Waals surface area contributed by atoms with Crippen LogP contribution in [-0.2, 0) is 11.3 Å². The molecule has 0 radical (unpaired) electrons. The molecule has 2 rings (SSSR count). The molecule has 0 atom stereocenters. The summed E-state index contributed by atoms with van der Waals surface area (Å²) in [7, 11) is 0. The highest BCUT2D eigenvalue weighted by Crippen LogP contribution is 2.37. The van der Waals surface area contributed by atoms with E-state index < -0.39 is 0 Å². The molecular weight excluding hydrogens is 236 g/mol. The standard InChI is InChI=1S/C12H20N2S2/c1-9(2)15-8-11-14-10(7-16-11)12(13)5-3-4-6-12/h7,9H,3-6,8,13H2,1-2H3. The van der Waals surface area contributed by atoms with Crippen LogP contribution in [0, 0.1) is 0 Å². The molecule has 0 unspecified atom stereocenters. The molecule has 0 aliphatic heterocycles. The van der Waals surface area contributed by atoms with Crippen molar-refractivity contribution in [3.63, 3.8) is 0 Å². The van der Waals surface area contributed by atoms with Gasteiger partial charge < -0.3 is 5.73 Å². The molecule has 16 heavy (non-hydrogen) atoms. The summed E-state index contributed by atoms with van der Waals surface area (Å²) in [4.78, 5) is 4.71. The monoisotopic (exact) mass is 256 g/mol. The van der Waals surface area contributed by atoms with Gasteiger partial charge in [-0.05, 0) is 18.1 Å². The normalized spacial score (nSPS) is 19.5. The SMILES string of the molecule is CC(C)SCc1nc(C2(N)CCCC2)cs1. The van der Waals surface area contributed by atoms with Crippen molar-refractivity contribution in [2.45, 2.75) is 56.1 Å². The van der Waals surface area contributed by atoms with Gasteiger partial charge in [-0.3, -0.25) is 0 Å². The van der Waals surface area contributed by atoms with Gasteiger partial charge in [0.25, 0.3) is 0 Å². The summed E-state index contributed by atoms with van der Waals surface area (Å²) >= 11 is 3.71. The van der Waals surface area contributed by atoms with E-state index in [2.05, 4.69) is 19.2 Å². The maximum Gasteiger partial charge on any atom is 0.103 e. The molecule has 1 fully saturated rings. The van der Waals surface area contributed by atoms with Crippen molar-refractivity contribution >= 4 is 23.1 Å². The van der Waals surface area contributed by atoms with E-state index in [1.54, 1.807) is 11.3 Å². The van der Waals surface area contributed by atoms with Crippen molar-refractivity contribution in [2.24, 2.45) is 5.73 Å². The molecule has 1 aliphatic carbocycles. The third-order valence-electron chi connectivity index (χ3n) is 3.10. The van der Waals surface area contributed by atoms with Crippen LogP contribution in [0.15, 0.2) is 5.38 Å². The smallest absolute Gasteiger partial charge is 0.103 e. The molecule has 1 saturated carbocycles. The fourth-order valence-electron chi connectivity index (χ4n) is 2.11. The second-order valence-corrected chi connectivity index (χ2v) is 7.36. The predicted octanol–water partition coefficient (Wildman–Crippen LogP) is 3.51. The Morgan fingerprint density at radius 1 is 1.50 bits per heavy atom. The number of nitrogens with two attached hydrogens (primary N) is 1. The minimum Gasteiger partial charge on any atom is -0.320 e. The molecule has 2 N–H and O–H groups in total. The molecule has 0 aromatic carbocycles. The fraction of sp³-hybridized carbons (Fsp3) is 0.750. The van der Waals surface area contributed by atoms with Crippen molar-refractivity contribution in [3.05, 3.63) is 16.1 Å². The number of aromatic nitrogens is 1. The lowest BCUT2D eigenvalue weighted by Gasteiger charge is -2.20. The Balaban J connectivity index is 2.01. The average molecular weight is 256 g/mol. The van der Waals surface area contributed by atoms with Crippen LogP contribution >= 0.6 is 23.1 Å². The Morgan fingerprint density at radius 3 is 2.81 bits per heavy atom. The number of thioether (sulfide) groups is 1. The summed E-state index contributed by atoms with van der Waals surface area (Å²) in [6, 6.07) is 0. The van der Waals surface area contributed by atoms with Crippen molar-refractivity contribution in [3.8, 4) is 0 Å². The van der Waals surface area contributed by atoms with Crippen molar-refractivity contribution in [1.82, 2.24) is 4.98 Å². The Morgan fingerprint density at radius 2 is 2.19 bits per heavy atom. The molecule has 1 heterocycles. The number of hydrogen-bond donors (Lipinski definition) is 1. The number of rotatable bonds is 4. The van der Waals surface area contributed by atoms with Gasteiger partial charge in [-0.2, -0.15) is 11.8 Å². The van der Waals surface area contributed by atoms with Crippen LogP contribution in [0.5, 0.6) is 0 Å². The van der Waals surface area contributed by atoms with Crippen LogP contribution in [-0.4, -0.2) is 10.2 Å². The van der Waals surface area contributed by atoms with Crippen LogP contribution in [0.1, 0.15) is 50.2 Å². The van der Waals surface area contributed by atoms with Gasteiger partial charge in [0.2, 0.25) is 0 Å². The first kappa shape index (κ1) is 12.4. The first-order valence-electron chi connectivity index (χ1n) is 5.95. The lowest BCUT2D eigenvalue weighted by Crippen LogP contribution is -2.33. The summed E-state index contributed by atoms with van der Waals surface area (Å²) < 4.78 is 0. The molecule has 0 amide bonds. The van der Waals surface area contributed by atoms with Crippen molar-refractivity contribution in [2.75, 3.05) is 0 Å². The Hall–Kier alpha value is -0.0600. The van der Waals surface area contributed by atoms with E-state index in [4.69, 9.17) is 10.7 Å². The van der Waals surface area contributed by atoms with E-state index in [1.165, 1.54) is 17.8 Å². The first-order chi connectivity index (χ1) is 7.60. The van der Waals surface area contributed by atoms with Gasteiger partial charge in [-0.25, -0.2) is 4.98 Å². The number of thiazole rings is 1. The van der Waals surface area contributed by atoms with Gasteiger partial charge in [0.1, 0.15) is 5.01 Å². The zero-order chi connectivity index (χ0) is 11.6. The summed E-state index contributed by atoms with van der Waals surface area (Å²) in [6.07, 6.45) is 4.72. The van der Waals surface area contributed by atoms with E-state index in [1.807, 2.05) is 11.8 Å². The first-order valence-corrected chi connectivity index (χ1v) is 7.88. The van der Waals surface area contributed by atoms with Gasteiger partial charge in [0.15, 0.2) is 0 Å². The van der Waals surface area contributed by atoms with Crippen LogP contribution in [0.4, 0.5) is 0 Å². The highest BCUT2D eigenvalue weighted by molar-refractivity contribution is 7.99. The molecule has 1 aliphatic rings.